The summed E-state index contributed by atoms with van der Waals surface area (Å²) in [6.07, 6.45) is 1.87. The molecule has 73 heavy (non-hydrogen) atoms. The Labute approximate surface area is 423 Å². The van der Waals surface area contributed by atoms with Gasteiger partial charge in [0, 0.05) is 44.4 Å². The molecule has 0 aliphatic carbocycles. The van der Waals surface area contributed by atoms with Gasteiger partial charge in [-0.05, 0) is 128 Å². The number of imidazole rings is 1. The third-order valence-electron chi connectivity index (χ3n) is 14.9. The number of pyridine rings is 1. The minimum Gasteiger partial charge on any atom is -0.507 e. The van der Waals surface area contributed by atoms with Gasteiger partial charge in [0.25, 0.3) is 5.78 Å². The Morgan fingerprint density at radius 2 is 1.19 bits per heavy atom. The van der Waals surface area contributed by atoms with Gasteiger partial charge in [-0.3, -0.25) is 9.55 Å². The molecule has 0 unspecified atom stereocenters. The van der Waals surface area contributed by atoms with E-state index < -0.39 is 0 Å². The first-order chi connectivity index (χ1) is 35.0. The van der Waals surface area contributed by atoms with E-state index in [0.717, 1.165) is 110 Å². The summed E-state index contributed by atoms with van der Waals surface area (Å²) in [7, 11) is 0. The number of phenols is 1. The fourth-order valence-electron chi connectivity index (χ4n) is 10.8. The van der Waals surface area contributed by atoms with Crippen molar-refractivity contribution in [1.82, 2.24) is 14.5 Å². The highest BCUT2D eigenvalue weighted by molar-refractivity contribution is 6.25. The number of hydrogen-bond donors (Lipinski definition) is 1. The van der Waals surface area contributed by atoms with Crippen LogP contribution in [-0.2, 0) is 16.2 Å². The molecule has 0 saturated carbocycles. The molecule has 0 fully saturated rings. The first-order valence-electron chi connectivity index (χ1n) is 25.2. The smallest absolute Gasteiger partial charge is 0.299 e. The van der Waals surface area contributed by atoms with Crippen LogP contribution in [-0.4, -0.2) is 19.6 Å². The molecule has 7 nitrogen and oxygen atoms in total. The first-order valence-corrected chi connectivity index (χ1v) is 25.2. The van der Waals surface area contributed by atoms with Gasteiger partial charge in [0.05, 0.1) is 33.2 Å². The second-order valence-electron chi connectivity index (χ2n) is 22.8. The van der Waals surface area contributed by atoms with Gasteiger partial charge in [0.15, 0.2) is 0 Å². The molecule has 0 aliphatic rings. The largest absolute Gasteiger partial charge is 0.507 e. The van der Waals surface area contributed by atoms with Crippen LogP contribution in [0.3, 0.4) is 0 Å². The van der Waals surface area contributed by atoms with Crippen LogP contribution in [0, 0.1) is 0 Å². The van der Waals surface area contributed by atoms with Crippen LogP contribution in [0.1, 0.15) is 79.0 Å². The zero-order chi connectivity index (χ0) is 50.3. The molecule has 5 aromatic heterocycles. The standard InChI is InChI=1S/C66H55N3O4/c1-64(2,3)42-22-25-52(47(34-42)37-15-11-10-12-16-37)69-53-26-28-55-58(59(53)68-62(69)49-35-43(65(4,5)6)36-50(60(49)70)66(7,8)9)57-48-31-41(21-27-54(48)72-63(57)73-55)51-32-40(29-30-67-51)39-20-23-45-46-24-19-38-17-13-14-18-44(38)61(46)71-56(45)33-39/h10-36,70H,1-9H3. The SMILES string of the molecule is CC(C)(C)c1ccc(-n2c(-c3cc(C(C)(C)C)cc(C(C)(C)C)c3O)nc3c4c(ccc32)oc2oc3ccc(-c5cc(-c6ccc7c(c6)oc6c8ccccc8ccc76)ccn5)cc3c24)c(-c2ccccc2)c1. The number of hydrogen-bond acceptors (Lipinski definition) is 6. The van der Waals surface area contributed by atoms with E-state index in [1.807, 2.05) is 24.4 Å². The van der Waals surface area contributed by atoms with E-state index in [1.165, 1.54) is 5.56 Å². The quantitative estimate of drug-likeness (QED) is 0.185. The Morgan fingerprint density at radius 3 is 1.99 bits per heavy atom. The highest BCUT2D eigenvalue weighted by atomic mass is 16.5. The van der Waals surface area contributed by atoms with Crippen molar-refractivity contribution < 1.29 is 18.4 Å². The summed E-state index contributed by atoms with van der Waals surface area (Å²) in [4.78, 5) is 10.6. The van der Waals surface area contributed by atoms with Crippen molar-refractivity contribution in [2.75, 3.05) is 0 Å². The lowest BCUT2D eigenvalue weighted by atomic mass is 9.79. The van der Waals surface area contributed by atoms with Gasteiger partial charge in [-0.1, -0.05) is 141 Å². The molecule has 13 aromatic rings. The number of aromatic hydroxyl groups is 1. The lowest BCUT2D eigenvalue weighted by Crippen LogP contribution is -2.17. The predicted molar refractivity (Wildman–Crippen MR) is 300 cm³/mol. The summed E-state index contributed by atoms with van der Waals surface area (Å²) < 4.78 is 22.0. The van der Waals surface area contributed by atoms with Crippen molar-refractivity contribution in [2.24, 2.45) is 0 Å². The second-order valence-corrected chi connectivity index (χ2v) is 22.8. The Bertz CT molecular complexity index is 4390. The van der Waals surface area contributed by atoms with Gasteiger partial charge in [0.2, 0.25) is 0 Å². The Hall–Kier alpha value is -8.42. The summed E-state index contributed by atoms with van der Waals surface area (Å²) in [5.41, 5.74) is 14.8. The molecule has 0 atom stereocenters. The normalized spacial score (nSPS) is 12.8. The number of fused-ring (bicyclic) bond motifs is 12. The van der Waals surface area contributed by atoms with Gasteiger partial charge < -0.3 is 18.4 Å². The van der Waals surface area contributed by atoms with Crippen molar-refractivity contribution in [1.29, 1.82) is 0 Å². The molecule has 5 heterocycles. The first kappa shape index (κ1) is 44.5. The maximum absolute atomic E-state index is 12.6. The third kappa shape index (κ3) is 7.15. The van der Waals surface area contributed by atoms with Crippen molar-refractivity contribution in [3.05, 3.63) is 181 Å². The maximum atomic E-state index is 12.6. The minimum absolute atomic E-state index is 0.102. The van der Waals surface area contributed by atoms with E-state index >= 15 is 0 Å². The average Bonchev–Trinajstić information content (AvgIpc) is 4.14. The molecule has 0 spiro atoms. The molecule has 0 bridgehead atoms. The molecule has 0 saturated heterocycles. The zero-order valence-corrected chi connectivity index (χ0v) is 42.6. The van der Waals surface area contributed by atoms with Gasteiger partial charge in [0.1, 0.15) is 39.4 Å². The summed E-state index contributed by atoms with van der Waals surface area (Å²) in [6, 6.07) is 55.2. The summed E-state index contributed by atoms with van der Waals surface area (Å²) in [5.74, 6) is 1.28. The van der Waals surface area contributed by atoms with Gasteiger partial charge >= 0.3 is 0 Å². The number of aromatic nitrogens is 3. The van der Waals surface area contributed by atoms with Crippen LogP contribution in [0.4, 0.5) is 0 Å². The van der Waals surface area contributed by atoms with Gasteiger partial charge in [-0.25, -0.2) is 4.98 Å². The maximum Gasteiger partial charge on any atom is 0.299 e. The monoisotopic (exact) mass is 953 g/mol. The van der Waals surface area contributed by atoms with E-state index in [1.54, 1.807) is 0 Å². The zero-order valence-electron chi connectivity index (χ0n) is 42.6. The summed E-state index contributed by atoms with van der Waals surface area (Å²) >= 11 is 0. The van der Waals surface area contributed by atoms with E-state index in [0.29, 0.717) is 28.3 Å². The predicted octanol–water partition coefficient (Wildman–Crippen LogP) is 18.4. The minimum atomic E-state index is -0.357. The van der Waals surface area contributed by atoms with E-state index in [2.05, 4.69) is 206 Å². The number of nitrogens with zero attached hydrogens (tertiary/aromatic N) is 3. The number of phenolic OH excluding ortho intramolecular Hbond substituents is 1. The highest BCUT2D eigenvalue weighted by Crippen LogP contribution is 2.48. The van der Waals surface area contributed by atoms with Crippen LogP contribution in [0.2, 0.25) is 0 Å². The molecule has 1 N–H and O–H groups in total. The van der Waals surface area contributed by atoms with Crippen molar-refractivity contribution >= 4 is 76.8 Å². The van der Waals surface area contributed by atoms with Crippen LogP contribution in [0.25, 0.3) is 127 Å². The van der Waals surface area contributed by atoms with E-state index in [-0.39, 0.29) is 22.0 Å². The molecule has 7 heteroatoms. The van der Waals surface area contributed by atoms with Crippen LogP contribution >= 0.6 is 0 Å². The third-order valence-corrected chi connectivity index (χ3v) is 14.9. The van der Waals surface area contributed by atoms with Crippen molar-refractivity contribution in [2.45, 2.75) is 78.6 Å². The lowest BCUT2D eigenvalue weighted by Gasteiger charge is -2.28. The van der Waals surface area contributed by atoms with Crippen molar-refractivity contribution in [3.63, 3.8) is 0 Å². The summed E-state index contributed by atoms with van der Waals surface area (Å²) in [6.45, 7) is 19.8. The molecular weight excluding hydrogens is 899 g/mol. The molecule has 358 valence electrons. The van der Waals surface area contributed by atoms with Crippen LogP contribution in [0.15, 0.2) is 177 Å². The Balaban J connectivity index is 1.03. The van der Waals surface area contributed by atoms with Crippen LogP contribution in [0.5, 0.6) is 5.75 Å². The van der Waals surface area contributed by atoms with Gasteiger partial charge in [-0.2, -0.15) is 0 Å². The highest BCUT2D eigenvalue weighted by Gasteiger charge is 2.31. The van der Waals surface area contributed by atoms with E-state index in [4.69, 9.17) is 23.2 Å². The van der Waals surface area contributed by atoms with Gasteiger partial charge in [-0.15, -0.1) is 0 Å². The summed E-state index contributed by atoms with van der Waals surface area (Å²) in [5, 5.41) is 19.6. The van der Waals surface area contributed by atoms with Crippen molar-refractivity contribution in [3.8, 4) is 56.3 Å². The molecule has 0 radical (unpaired) electrons. The van der Waals surface area contributed by atoms with Crippen LogP contribution < -0.4 is 0 Å². The molecule has 13 rings (SSSR count). The average molecular weight is 954 g/mol. The molecule has 0 aliphatic heterocycles. The number of benzene rings is 8. The number of furan rings is 3. The molecular formula is C66H55N3O4. The number of rotatable bonds is 5. The topological polar surface area (TPSA) is 90.4 Å². The Kier molecular flexibility index (Phi) is 9.63. The Morgan fingerprint density at radius 1 is 0.479 bits per heavy atom. The molecule has 0 amide bonds. The molecule has 8 aromatic carbocycles. The fraction of sp³-hybridized carbons (Fsp3) is 0.182. The van der Waals surface area contributed by atoms with E-state index in [9.17, 15) is 5.11 Å². The lowest BCUT2D eigenvalue weighted by molar-refractivity contribution is 0.446. The fourth-order valence-corrected chi connectivity index (χ4v) is 10.8. The second kappa shape index (κ2) is 15.8.